The van der Waals surface area contributed by atoms with Gasteiger partial charge in [0.15, 0.2) is 0 Å². The van der Waals surface area contributed by atoms with Gasteiger partial charge in [-0.05, 0) is 57.1 Å². The summed E-state index contributed by atoms with van der Waals surface area (Å²) in [7, 11) is 0. The normalized spacial score (nSPS) is 21.3. The first kappa shape index (κ1) is 14.8. The number of hydrogen-bond acceptors (Lipinski definition) is 4. The molecule has 0 bridgehead atoms. The molecule has 1 aromatic rings. The van der Waals surface area contributed by atoms with E-state index in [-0.39, 0.29) is 0 Å². The largest absolute Gasteiger partial charge is 0.376 e. The van der Waals surface area contributed by atoms with Crippen LogP contribution >= 0.6 is 0 Å². The second-order valence-corrected chi connectivity index (χ2v) is 6.16. The molecule has 1 aliphatic carbocycles. The minimum atomic E-state index is 0.355. The summed E-state index contributed by atoms with van der Waals surface area (Å²) >= 11 is 0. The highest BCUT2D eigenvalue weighted by Crippen LogP contribution is 2.27. The van der Waals surface area contributed by atoms with Gasteiger partial charge in [-0.2, -0.15) is 0 Å². The Kier molecular flexibility index (Phi) is 4.76. The summed E-state index contributed by atoms with van der Waals surface area (Å²) in [6.07, 6.45) is 7.53. The minimum Gasteiger partial charge on any atom is -0.376 e. The summed E-state index contributed by atoms with van der Waals surface area (Å²) in [5.74, 6) is 1.09. The highest BCUT2D eigenvalue weighted by atomic mass is 16.5. The molecule has 0 saturated carbocycles. The Bertz CT molecular complexity index is 483. The first-order valence-corrected chi connectivity index (χ1v) is 8.40. The van der Waals surface area contributed by atoms with Crippen molar-refractivity contribution in [2.75, 3.05) is 24.6 Å². The van der Waals surface area contributed by atoms with Crippen molar-refractivity contribution >= 4 is 5.82 Å². The zero-order valence-electron chi connectivity index (χ0n) is 13.1. The van der Waals surface area contributed by atoms with Crippen molar-refractivity contribution in [3.8, 4) is 0 Å². The fourth-order valence-electron chi connectivity index (χ4n) is 3.49. The highest BCUT2D eigenvalue weighted by molar-refractivity contribution is 5.50. The molecule has 0 spiro atoms. The highest BCUT2D eigenvalue weighted by Gasteiger charge is 2.22. The smallest absolute Gasteiger partial charge is 0.133 e. The van der Waals surface area contributed by atoms with Crippen LogP contribution in [0.5, 0.6) is 0 Å². The summed E-state index contributed by atoms with van der Waals surface area (Å²) in [5.41, 5.74) is 9.88. The first-order chi connectivity index (χ1) is 10.3. The molecular weight excluding hydrogens is 262 g/mol. The van der Waals surface area contributed by atoms with Gasteiger partial charge in [0, 0.05) is 37.5 Å². The maximum absolute atomic E-state index is 5.99. The molecule has 1 atom stereocenters. The lowest BCUT2D eigenvalue weighted by Crippen LogP contribution is -2.34. The van der Waals surface area contributed by atoms with Crippen LogP contribution in [0.25, 0.3) is 0 Å². The first-order valence-electron chi connectivity index (χ1n) is 8.40. The van der Waals surface area contributed by atoms with E-state index in [1.165, 1.54) is 42.5 Å². The van der Waals surface area contributed by atoms with E-state index in [1.54, 1.807) is 0 Å². The number of nitrogens with zero attached hydrogens (tertiary/aromatic N) is 2. The van der Waals surface area contributed by atoms with Crippen molar-refractivity contribution in [2.45, 2.75) is 58.1 Å². The molecule has 0 amide bonds. The molecule has 116 valence electrons. The molecule has 2 aliphatic rings. The molecule has 0 aromatic carbocycles. The van der Waals surface area contributed by atoms with Crippen LogP contribution < -0.4 is 10.6 Å². The van der Waals surface area contributed by atoms with Gasteiger partial charge < -0.3 is 15.4 Å². The van der Waals surface area contributed by atoms with Crippen molar-refractivity contribution < 1.29 is 4.74 Å². The summed E-state index contributed by atoms with van der Waals surface area (Å²) in [6, 6.07) is 2.30. The van der Waals surface area contributed by atoms with Crippen molar-refractivity contribution in [3.05, 3.63) is 22.9 Å². The predicted octanol–water partition coefficient (Wildman–Crippen LogP) is 2.42. The average Bonchev–Trinajstić information content (AvgIpc) is 3.04. The van der Waals surface area contributed by atoms with Crippen molar-refractivity contribution in [3.63, 3.8) is 0 Å². The van der Waals surface area contributed by atoms with Crippen LogP contribution in [0.3, 0.4) is 0 Å². The Morgan fingerprint density at radius 2 is 2.19 bits per heavy atom. The van der Waals surface area contributed by atoms with Gasteiger partial charge in [0.2, 0.25) is 0 Å². The molecule has 1 saturated heterocycles. The van der Waals surface area contributed by atoms with Crippen LogP contribution in [0.4, 0.5) is 5.82 Å². The van der Waals surface area contributed by atoms with E-state index >= 15 is 0 Å². The second kappa shape index (κ2) is 6.75. The molecule has 1 unspecified atom stereocenters. The SMILES string of the molecule is CCN(CC1CCCO1)c1nc2c(cc1CN)CCCC2. The molecule has 4 nitrogen and oxygen atoms in total. The zero-order chi connectivity index (χ0) is 14.7. The number of pyridine rings is 1. The van der Waals surface area contributed by atoms with Crippen molar-refractivity contribution in [1.82, 2.24) is 4.98 Å². The molecule has 21 heavy (non-hydrogen) atoms. The molecule has 1 aromatic heterocycles. The lowest BCUT2D eigenvalue weighted by molar-refractivity contribution is 0.115. The van der Waals surface area contributed by atoms with Crippen molar-refractivity contribution in [1.29, 1.82) is 0 Å². The van der Waals surface area contributed by atoms with Gasteiger partial charge in [-0.25, -0.2) is 4.98 Å². The van der Waals surface area contributed by atoms with Crippen LogP contribution in [-0.4, -0.2) is 30.8 Å². The number of ether oxygens (including phenoxy) is 1. The van der Waals surface area contributed by atoms with Gasteiger partial charge in [0.1, 0.15) is 5.82 Å². The third kappa shape index (κ3) is 3.22. The van der Waals surface area contributed by atoms with Gasteiger partial charge in [0.05, 0.1) is 6.10 Å². The van der Waals surface area contributed by atoms with Crippen LogP contribution in [0.1, 0.15) is 49.4 Å². The van der Waals surface area contributed by atoms with E-state index in [9.17, 15) is 0 Å². The Labute approximate surface area is 127 Å². The van der Waals surface area contributed by atoms with Gasteiger partial charge in [0.25, 0.3) is 0 Å². The van der Waals surface area contributed by atoms with E-state index < -0.39 is 0 Å². The molecule has 3 rings (SSSR count). The van der Waals surface area contributed by atoms with Gasteiger partial charge >= 0.3 is 0 Å². The number of anilines is 1. The van der Waals surface area contributed by atoms with Gasteiger partial charge in [-0.3, -0.25) is 0 Å². The molecule has 4 heteroatoms. The zero-order valence-corrected chi connectivity index (χ0v) is 13.1. The summed E-state index contributed by atoms with van der Waals surface area (Å²) in [5, 5.41) is 0. The molecular formula is C17H27N3O. The topological polar surface area (TPSA) is 51.4 Å². The maximum atomic E-state index is 5.99. The summed E-state index contributed by atoms with van der Waals surface area (Å²) < 4.78 is 5.79. The third-order valence-corrected chi connectivity index (χ3v) is 4.71. The summed E-state index contributed by atoms with van der Waals surface area (Å²) in [4.78, 5) is 7.34. The monoisotopic (exact) mass is 289 g/mol. The predicted molar refractivity (Wildman–Crippen MR) is 85.6 cm³/mol. The Hall–Kier alpha value is -1.13. The van der Waals surface area contributed by atoms with Crippen LogP contribution in [0, 0.1) is 0 Å². The maximum Gasteiger partial charge on any atom is 0.133 e. The molecule has 1 aliphatic heterocycles. The number of rotatable bonds is 5. The van der Waals surface area contributed by atoms with E-state index in [1.807, 2.05) is 0 Å². The van der Waals surface area contributed by atoms with E-state index in [0.29, 0.717) is 12.6 Å². The quantitative estimate of drug-likeness (QED) is 0.904. The summed E-state index contributed by atoms with van der Waals surface area (Å²) in [6.45, 7) is 5.56. The third-order valence-electron chi connectivity index (χ3n) is 4.71. The van der Waals surface area contributed by atoms with E-state index in [2.05, 4.69) is 17.9 Å². The van der Waals surface area contributed by atoms with E-state index in [0.717, 1.165) is 38.4 Å². The average molecular weight is 289 g/mol. The molecule has 2 N–H and O–H groups in total. The molecule has 1 fully saturated rings. The lowest BCUT2D eigenvalue weighted by Gasteiger charge is -2.29. The number of nitrogens with two attached hydrogens (primary N) is 1. The lowest BCUT2D eigenvalue weighted by atomic mass is 9.94. The van der Waals surface area contributed by atoms with Crippen molar-refractivity contribution in [2.24, 2.45) is 5.73 Å². The van der Waals surface area contributed by atoms with Gasteiger partial charge in [-0.1, -0.05) is 0 Å². The number of aromatic nitrogens is 1. The number of likely N-dealkylation sites (N-methyl/N-ethyl adjacent to an activating group) is 1. The molecule has 0 radical (unpaired) electrons. The van der Waals surface area contributed by atoms with Crippen LogP contribution in [0.15, 0.2) is 6.07 Å². The van der Waals surface area contributed by atoms with Crippen LogP contribution in [-0.2, 0) is 24.1 Å². The fraction of sp³-hybridized carbons (Fsp3) is 0.706. The van der Waals surface area contributed by atoms with E-state index in [4.69, 9.17) is 15.5 Å². The van der Waals surface area contributed by atoms with Crippen LogP contribution in [0.2, 0.25) is 0 Å². The Morgan fingerprint density at radius 3 is 2.90 bits per heavy atom. The molecule has 2 heterocycles. The standard InChI is InChI=1S/C17H27N3O/c1-2-20(12-15-7-5-9-21-15)17-14(11-18)10-13-6-3-4-8-16(13)19-17/h10,15H,2-9,11-12,18H2,1H3. The number of fused-ring (bicyclic) bond motifs is 1. The van der Waals surface area contributed by atoms with Gasteiger partial charge in [-0.15, -0.1) is 0 Å². The minimum absolute atomic E-state index is 0.355. The number of aryl methyl sites for hydroxylation is 2. The Balaban J connectivity index is 1.86. The Morgan fingerprint density at radius 1 is 1.33 bits per heavy atom. The number of hydrogen-bond donors (Lipinski definition) is 1. The second-order valence-electron chi connectivity index (χ2n) is 6.16. The fourth-order valence-corrected chi connectivity index (χ4v) is 3.49.